The number of hydrogen-bond acceptors (Lipinski definition) is 7. The molecule has 1 fully saturated rings. The van der Waals surface area contributed by atoms with Crippen LogP contribution in [0.5, 0.6) is 17.2 Å². The van der Waals surface area contributed by atoms with Crippen LogP contribution in [0.1, 0.15) is 24.1 Å². The van der Waals surface area contributed by atoms with Crippen LogP contribution in [-0.2, 0) is 11.3 Å². The molecular weight excluding hydrogens is 372 g/mol. The van der Waals surface area contributed by atoms with E-state index >= 15 is 0 Å². The third-order valence-corrected chi connectivity index (χ3v) is 5.12. The smallest absolute Gasteiger partial charge is 0.225 e. The van der Waals surface area contributed by atoms with Crippen LogP contribution in [0.2, 0.25) is 0 Å². The number of hydrogen-bond donors (Lipinski definition) is 1. The lowest BCUT2D eigenvalue weighted by Crippen LogP contribution is -2.41. The number of amides is 1. The zero-order chi connectivity index (χ0) is 20.8. The van der Waals surface area contributed by atoms with Crippen molar-refractivity contribution in [2.75, 3.05) is 39.3 Å². The molecule has 0 atom stereocenters. The quantitative estimate of drug-likeness (QED) is 0.763. The summed E-state index contributed by atoms with van der Waals surface area (Å²) >= 11 is 0. The van der Waals surface area contributed by atoms with Gasteiger partial charge >= 0.3 is 0 Å². The molecule has 0 unspecified atom stereocenters. The molecule has 0 radical (unpaired) electrons. The summed E-state index contributed by atoms with van der Waals surface area (Å²) in [5.74, 6) is 2.46. The van der Waals surface area contributed by atoms with Crippen molar-refractivity contribution < 1.29 is 19.0 Å². The first-order valence-electron chi connectivity index (χ1n) is 9.67. The van der Waals surface area contributed by atoms with Gasteiger partial charge in [0.05, 0.1) is 21.3 Å². The van der Waals surface area contributed by atoms with Gasteiger partial charge in [-0.1, -0.05) is 0 Å². The summed E-state index contributed by atoms with van der Waals surface area (Å²) in [5.41, 5.74) is 1.83. The molecule has 1 aromatic carbocycles. The monoisotopic (exact) mass is 400 g/mol. The molecule has 29 heavy (non-hydrogen) atoms. The third-order valence-electron chi connectivity index (χ3n) is 5.12. The van der Waals surface area contributed by atoms with Gasteiger partial charge in [0.1, 0.15) is 0 Å². The van der Waals surface area contributed by atoms with Gasteiger partial charge in [0.15, 0.2) is 11.5 Å². The van der Waals surface area contributed by atoms with Gasteiger partial charge in [-0.3, -0.25) is 4.79 Å². The minimum Gasteiger partial charge on any atom is -0.493 e. The number of carbonyl (C=O) groups is 1. The summed E-state index contributed by atoms with van der Waals surface area (Å²) < 4.78 is 16.1. The highest BCUT2D eigenvalue weighted by Gasteiger charge is 2.26. The molecule has 0 aliphatic carbocycles. The normalized spacial score (nSPS) is 14.4. The van der Waals surface area contributed by atoms with E-state index in [2.05, 4.69) is 20.2 Å². The lowest BCUT2D eigenvalue weighted by molar-refractivity contribution is -0.125. The number of methoxy groups -OCH3 is 3. The highest BCUT2D eigenvalue weighted by molar-refractivity contribution is 5.79. The molecule has 1 N–H and O–H groups in total. The number of nitrogens with zero attached hydrogens (tertiary/aromatic N) is 3. The molecule has 1 aliphatic heterocycles. The van der Waals surface area contributed by atoms with E-state index in [1.54, 1.807) is 27.5 Å². The SMILES string of the molecule is COc1cc(CNC(=O)C2CCN(c3nccc(C)n3)CC2)cc(OC)c1OC. The molecule has 0 bridgehead atoms. The number of anilines is 1. The van der Waals surface area contributed by atoms with E-state index < -0.39 is 0 Å². The number of piperidine rings is 1. The van der Waals surface area contributed by atoms with Crippen molar-refractivity contribution in [3.8, 4) is 17.2 Å². The molecular formula is C21H28N4O4. The van der Waals surface area contributed by atoms with E-state index in [1.807, 2.05) is 25.1 Å². The fourth-order valence-corrected chi connectivity index (χ4v) is 3.50. The highest BCUT2D eigenvalue weighted by Crippen LogP contribution is 2.38. The predicted octanol–water partition coefficient (Wildman–Crippen LogP) is 2.34. The van der Waals surface area contributed by atoms with Gasteiger partial charge < -0.3 is 24.4 Å². The zero-order valence-corrected chi connectivity index (χ0v) is 17.4. The maximum Gasteiger partial charge on any atom is 0.225 e. The maximum absolute atomic E-state index is 12.7. The van der Waals surface area contributed by atoms with Gasteiger partial charge in [-0.15, -0.1) is 0 Å². The first kappa shape index (κ1) is 20.7. The molecule has 2 aromatic rings. The third kappa shape index (κ3) is 4.88. The molecule has 1 aliphatic rings. The van der Waals surface area contributed by atoms with Crippen LogP contribution in [0.25, 0.3) is 0 Å². The van der Waals surface area contributed by atoms with E-state index in [0.29, 0.717) is 23.8 Å². The first-order chi connectivity index (χ1) is 14.0. The van der Waals surface area contributed by atoms with Crippen LogP contribution in [-0.4, -0.2) is 50.3 Å². The van der Waals surface area contributed by atoms with Crippen LogP contribution in [0.15, 0.2) is 24.4 Å². The lowest BCUT2D eigenvalue weighted by atomic mass is 9.96. The van der Waals surface area contributed by atoms with Crippen molar-refractivity contribution in [3.63, 3.8) is 0 Å². The second-order valence-corrected chi connectivity index (χ2v) is 7.01. The van der Waals surface area contributed by atoms with Crippen LogP contribution >= 0.6 is 0 Å². The Balaban J connectivity index is 1.56. The Morgan fingerprint density at radius 1 is 1.14 bits per heavy atom. The van der Waals surface area contributed by atoms with Crippen molar-refractivity contribution in [2.45, 2.75) is 26.3 Å². The van der Waals surface area contributed by atoms with E-state index in [1.165, 1.54) is 0 Å². The molecule has 8 nitrogen and oxygen atoms in total. The number of nitrogens with one attached hydrogen (secondary N) is 1. The van der Waals surface area contributed by atoms with Gasteiger partial charge in [-0.05, 0) is 43.5 Å². The summed E-state index contributed by atoms with van der Waals surface area (Å²) in [5, 5.41) is 3.03. The van der Waals surface area contributed by atoms with Gasteiger partial charge in [0, 0.05) is 37.4 Å². The van der Waals surface area contributed by atoms with Crippen LogP contribution < -0.4 is 24.4 Å². The number of benzene rings is 1. The first-order valence-corrected chi connectivity index (χ1v) is 9.67. The second-order valence-electron chi connectivity index (χ2n) is 7.01. The van der Waals surface area contributed by atoms with Crippen LogP contribution in [0.3, 0.4) is 0 Å². The minimum absolute atomic E-state index is 0.0156. The van der Waals surface area contributed by atoms with Gasteiger partial charge in [0.25, 0.3) is 0 Å². The summed E-state index contributed by atoms with van der Waals surface area (Å²) in [6.45, 7) is 3.89. The average Bonchev–Trinajstić information content (AvgIpc) is 2.76. The van der Waals surface area contributed by atoms with Crippen molar-refractivity contribution in [3.05, 3.63) is 35.7 Å². The number of aromatic nitrogens is 2. The van der Waals surface area contributed by atoms with Gasteiger partial charge in [-0.2, -0.15) is 0 Å². The Morgan fingerprint density at radius 2 is 1.79 bits per heavy atom. The van der Waals surface area contributed by atoms with E-state index in [0.717, 1.165) is 43.1 Å². The van der Waals surface area contributed by atoms with Gasteiger partial charge in [0.2, 0.25) is 17.6 Å². The maximum atomic E-state index is 12.7. The second kappa shape index (κ2) is 9.45. The zero-order valence-electron chi connectivity index (χ0n) is 17.4. The summed E-state index contributed by atoms with van der Waals surface area (Å²) in [7, 11) is 4.72. The molecule has 2 heterocycles. The van der Waals surface area contributed by atoms with Crippen molar-refractivity contribution in [1.29, 1.82) is 0 Å². The average molecular weight is 400 g/mol. The molecule has 0 saturated carbocycles. The Kier molecular flexibility index (Phi) is 6.74. The number of rotatable bonds is 7. The van der Waals surface area contributed by atoms with Crippen LogP contribution in [0, 0.1) is 12.8 Å². The van der Waals surface area contributed by atoms with Crippen molar-refractivity contribution >= 4 is 11.9 Å². The summed E-state index contributed by atoms with van der Waals surface area (Å²) in [4.78, 5) is 23.6. The Bertz CT molecular complexity index is 825. The van der Waals surface area contributed by atoms with Crippen molar-refractivity contribution in [1.82, 2.24) is 15.3 Å². The van der Waals surface area contributed by atoms with Crippen molar-refractivity contribution in [2.24, 2.45) is 5.92 Å². The molecule has 1 saturated heterocycles. The standard InChI is InChI=1S/C21H28N4O4/c1-14-5-8-22-21(24-14)25-9-6-16(7-10-25)20(26)23-13-15-11-17(27-2)19(29-4)18(12-15)28-3/h5,8,11-12,16H,6-7,9-10,13H2,1-4H3,(H,23,26). The Morgan fingerprint density at radius 3 is 2.34 bits per heavy atom. The Hall–Kier alpha value is -3.03. The number of ether oxygens (including phenoxy) is 3. The summed E-state index contributed by atoms with van der Waals surface area (Å²) in [6, 6.07) is 5.57. The fraction of sp³-hybridized carbons (Fsp3) is 0.476. The molecule has 0 spiro atoms. The van der Waals surface area contributed by atoms with E-state index in [-0.39, 0.29) is 11.8 Å². The molecule has 3 rings (SSSR count). The molecule has 8 heteroatoms. The molecule has 156 valence electrons. The summed E-state index contributed by atoms with van der Waals surface area (Å²) in [6.07, 6.45) is 3.32. The van der Waals surface area contributed by atoms with Gasteiger partial charge in [-0.25, -0.2) is 9.97 Å². The van der Waals surface area contributed by atoms with Crippen LogP contribution in [0.4, 0.5) is 5.95 Å². The number of carbonyl (C=O) groups excluding carboxylic acids is 1. The Labute approximate surface area is 171 Å². The highest BCUT2D eigenvalue weighted by atomic mass is 16.5. The van der Waals surface area contributed by atoms with E-state index in [9.17, 15) is 4.79 Å². The molecule has 1 amide bonds. The minimum atomic E-state index is -0.0156. The number of aryl methyl sites for hydroxylation is 1. The largest absolute Gasteiger partial charge is 0.493 e. The van der Waals surface area contributed by atoms with E-state index in [4.69, 9.17) is 14.2 Å². The molecule has 1 aromatic heterocycles. The fourth-order valence-electron chi connectivity index (χ4n) is 3.50. The topological polar surface area (TPSA) is 85.8 Å². The lowest BCUT2D eigenvalue weighted by Gasteiger charge is -2.31. The predicted molar refractivity (Wildman–Crippen MR) is 110 cm³/mol.